The number of amides is 1. The highest BCUT2D eigenvalue weighted by atomic mass is 16.7. The van der Waals surface area contributed by atoms with Gasteiger partial charge in [-0.1, -0.05) is 5.11 Å². The number of hydrogen-bond acceptors (Lipinski definition) is 10. The predicted octanol–water partition coefficient (Wildman–Crippen LogP) is -0.0306. The minimum atomic E-state index is -1.20. The van der Waals surface area contributed by atoms with Crippen molar-refractivity contribution < 1.29 is 42.9 Å². The Morgan fingerprint density at radius 1 is 1.03 bits per heavy atom. The van der Waals surface area contributed by atoms with Gasteiger partial charge < -0.3 is 29.0 Å². The van der Waals surface area contributed by atoms with Gasteiger partial charge in [-0.2, -0.15) is 0 Å². The molecule has 13 heteroatoms. The third kappa shape index (κ3) is 8.34. The molecular weight excluding hydrogens is 392 g/mol. The average Bonchev–Trinajstić information content (AvgIpc) is 2.60. The van der Waals surface area contributed by atoms with Crippen molar-refractivity contribution in [2.45, 2.75) is 58.3 Å². The Morgan fingerprint density at radius 2 is 1.66 bits per heavy atom. The van der Waals surface area contributed by atoms with Gasteiger partial charge in [-0.3, -0.25) is 19.2 Å². The van der Waals surface area contributed by atoms with Crippen LogP contribution in [0.5, 0.6) is 0 Å². The molecular formula is C16H24N4O9. The third-order valence-electron chi connectivity index (χ3n) is 3.61. The van der Waals surface area contributed by atoms with Crippen molar-refractivity contribution in [3.63, 3.8) is 0 Å². The van der Waals surface area contributed by atoms with Gasteiger partial charge in [0.05, 0.1) is 6.61 Å². The third-order valence-corrected chi connectivity index (χ3v) is 3.61. The normalized spacial score (nSPS) is 25.9. The van der Waals surface area contributed by atoms with E-state index >= 15 is 0 Å². The van der Waals surface area contributed by atoms with Crippen LogP contribution in [-0.4, -0.2) is 74.2 Å². The Labute approximate surface area is 166 Å². The fourth-order valence-electron chi connectivity index (χ4n) is 2.69. The van der Waals surface area contributed by atoms with Gasteiger partial charge in [-0.05, 0) is 5.53 Å². The smallest absolute Gasteiger partial charge is 0.303 e. The van der Waals surface area contributed by atoms with Gasteiger partial charge in [0.15, 0.2) is 18.5 Å². The van der Waals surface area contributed by atoms with Crippen molar-refractivity contribution in [1.82, 2.24) is 5.32 Å². The van der Waals surface area contributed by atoms with E-state index in [9.17, 15) is 19.2 Å². The predicted molar refractivity (Wildman–Crippen MR) is 94.0 cm³/mol. The summed E-state index contributed by atoms with van der Waals surface area (Å²) in [5.74, 6) is -2.50. The van der Waals surface area contributed by atoms with Crippen LogP contribution in [0.2, 0.25) is 0 Å². The van der Waals surface area contributed by atoms with E-state index < -0.39 is 54.5 Å². The second-order valence-corrected chi connectivity index (χ2v) is 6.05. The van der Waals surface area contributed by atoms with Crippen LogP contribution in [0.1, 0.15) is 27.7 Å². The van der Waals surface area contributed by atoms with Crippen molar-refractivity contribution in [2.75, 3.05) is 19.8 Å². The summed E-state index contributed by atoms with van der Waals surface area (Å²) in [7, 11) is 0. The van der Waals surface area contributed by atoms with E-state index in [2.05, 4.69) is 15.3 Å². The van der Waals surface area contributed by atoms with Crippen LogP contribution in [0.4, 0.5) is 0 Å². The van der Waals surface area contributed by atoms with Gasteiger partial charge in [0.2, 0.25) is 5.91 Å². The van der Waals surface area contributed by atoms with Crippen LogP contribution >= 0.6 is 0 Å². The first-order valence-electron chi connectivity index (χ1n) is 8.68. The lowest BCUT2D eigenvalue weighted by Crippen LogP contribution is -2.66. The fraction of sp³-hybridized carbons (Fsp3) is 0.750. The van der Waals surface area contributed by atoms with Gasteiger partial charge in [-0.25, -0.2) is 0 Å². The Morgan fingerprint density at radius 3 is 2.17 bits per heavy atom. The summed E-state index contributed by atoms with van der Waals surface area (Å²) in [6.07, 6.45) is -4.62. The molecule has 0 aromatic rings. The Bertz CT molecular complexity index is 665. The molecule has 1 aliphatic heterocycles. The first-order valence-corrected chi connectivity index (χ1v) is 8.68. The molecule has 1 N–H and O–H groups in total. The summed E-state index contributed by atoms with van der Waals surface area (Å²) >= 11 is 0. The summed E-state index contributed by atoms with van der Waals surface area (Å²) < 4.78 is 26.8. The molecule has 1 amide bonds. The molecule has 0 spiro atoms. The molecule has 5 atom stereocenters. The van der Waals surface area contributed by atoms with Gasteiger partial charge >= 0.3 is 17.9 Å². The first kappa shape index (κ1) is 24.1. The summed E-state index contributed by atoms with van der Waals surface area (Å²) in [5, 5.41) is 5.88. The molecule has 0 unspecified atom stereocenters. The molecule has 0 aromatic carbocycles. The van der Waals surface area contributed by atoms with Crippen molar-refractivity contribution in [3.8, 4) is 0 Å². The quantitative estimate of drug-likeness (QED) is 0.135. The van der Waals surface area contributed by atoms with Crippen LogP contribution in [0.25, 0.3) is 10.4 Å². The molecule has 29 heavy (non-hydrogen) atoms. The van der Waals surface area contributed by atoms with Gasteiger partial charge in [-0.15, -0.1) is 0 Å². The van der Waals surface area contributed by atoms with Gasteiger partial charge in [0.25, 0.3) is 0 Å². The molecule has 0 radical (unpaired) electrons. The van der Waals surface area contributed by atoms with Crippen molar-refractivity contribution in [1.29, 1.82) is 0 Å². The molecule has 0 aromatic heterocycles. The zero-order chi connectivity index (χ0) is 22.0. The average molecular weight is 416 g/mol. The number of rotatable bonds is 9. The molecule has 0 bridgehead atoms. The minimum absolute atomic E-state index is 0.0244. The molecule has 1 aliphatic rings. The maximum atomic E-state index is 11.7. The molecule has 0 saturated carbocycles. The lowest BCUT2D eigenvalue weighted by molar-refractivity contribution is -0.277. The Kier molecular flexibility index (Phi) is 9.86. The van der Waals surface area contributed by atoms with E-state index in [-0.39, 0.29) is 19.8 Å². The van der Waals surface area contributed by atoms with Gasteiger partial charge in [0, 0.05) is 39.2 Å². The Balaban J connectivity index is 3.22. The zero-order valence-corrected chi connectivity index (χ0v) is 16.5. The SMILES string of the molecule is CC(=O)N[C@H]1[C@@H](OCCN=[N+]=[N-])O[C@H](COC(C)=O)[C@H](OC(C)=O)[C@@H]1OC(C)=O. The maximum absolute atomic E-state index is 11.7. The maximum Gasteiger partial charge on any atom is 0.303 e. The second kappa shape index (κ2) is 11.8. The molecule has 1 heterocycles. The van der Waals surface area contributed by atoms with Crippen LogP contribution in [-0.2, 0) is 42.9 Å². The summed E-state index contributed by atoms with van der Waals surface area (Å²) in [5.41, 5.74) is 8.36. The van der Waals surface area contributed by atoms with Crippen LogP contribution in [0.15, 0.2) is 5.11 Å². The van der Waals surface area contributed by atoms with E-state index in [1.54, 1.807) is 0 Å². The zero-order valence-electron chi connectivity index (χ0n) is 16.5. The largest absolute Gasteiger partial charge is 0.463 e. The molecule has 1 saturated heterocycles. The summed E-state index contributed by atoms with van der Waals surface area (Å²) in [6.45, 7) is 4.27. The highest BCUT2D eigenvalue weighted by Crippen LogP contribution is 2.28. The standard InChI is InChI=1S/C16H24N4O9/c1-8(21)19-13-15(28-11(4)24)14(27-10(3)23)12(7-26-9(2)22)29-16(13)25-6-5-18-20-17/h12-16H,5-7H2,1-4H3,(H,19,21)/t12-,13-,14+,15-,16+/m1/s1. The van der Waals surface area contributed by atoms with Crippen LogP contribution < -0.4 is 5.32 Å². The number of ether oxygens (including phenoxy) is 5. The number of nitrogens with zero attached hydrogens (tertiary/aromatic N) is 3. The lowest BCUT2D eigenvalue weighted by Gasteiger charge is -2.44. The van der Waals surface area contributed by atoms with E-state index in [0.29, 0.717) is 0 Å². The molecule has 1 rings (SSSR count). The van der Waals surface area contributed by atoms with E-state index in [0.717, 1.165) is 13.8 Å². The van der Waals surface area contributed by atoms with Crippen LogP contribution in [0, 0.1) is 0 Å². The van der Waals surface area contributed by atoms with E-state index in [1.165, 1.54) is 13.8 Å². The van der Waals surface area contributed by atoms with E-state index in [4.69, 9.17) is 29.2 Å². The number of nitrogens with one attached hydrogen (secondary N) is 1. The monoisotopic (exact) mass is 416 g/mol. The summed E-state index contributed by atoms with van der Waals surface area (Å²) in [4.78, 5) is 48.7. The summed E-state index contributed by atoms with van der Waals surface area (Å²) in [6, 6.07) is -1.06. The minimum Gasteiger partial charge on any atom is -0.463 e. The number of azide groups is 1. The first-order chi connectivity index (χ1) is 13.6. The van der Waals surface area contributed by atoms with Crippen molar-refractivity contribution in [3.05, 3.63) is 10.4 Å². The molecule has 13 nitrogen and oxygen atoms in total. The number of hydrogen-bond donors (Lipinski definition) is 1. The number of carbonyl (C=O) groups is 4. The number of esters is 3. The highest BCUT2D eigenvalue weighted by Gasteiger charge is 2.51. The Hall–Kier alpha value is -2.89. The second-order valence-electron chi connectivity index (χ2n) is 6.05. The number of carbonyl (C=O) groups excluding carboxylic acids is 4. The van der Waals surface area contributed by atoms with Crippen molar-refractivity contribution in [2.24, 2.45) is 5.11 Å². The van der Waals surface area contributed by atoms with Crippen molar-refractivity contribution >= 4 is 23.8 Å². The van der Waals surface area contributed by atoms with E-state index in [1.807, 2.05) is 0 Å². The molecule has 1 fully saturated rings. The fourth-order valence-corrected chi connectivity index (χ4v) is 2.69. The molecule has 162 valence electrons. The van der Waals surface area contributed by atoms with Gasteiger partial charge in [0.1, 0.15) is 18.8 Å². The topological polar surface area (TPSA) is 175 Å². The molecule has 0 aliphatic carbocycles. The highest BCUT2D eigenvalue weighted by molar-refractivity contribution is 5.73. The lowest BCUT2D eigenvalue weighted by atomic mass is 9.96. The van der Waals surface area contributed by atoms with Crippen LogP contribution in [0.3, 0.4) is 0 Å².